The van der Waals surface area contributed by atoms with Crippen LogP contribution in [0.3, 0.4) is 0 Å². The lowest BCUT2D eigenvalue weighted by Gasteiger charge is -2.44. The number of ether oxygens (including phenoxy) is 3. The molecule has 0 radical (unpaired) electrons. The number of morpholine rings is 1. The van der Waals surface area contributed by atoms with Gasteiger partial charge in [-0.25, -0.2) is 0 Å². The van der Waals surface area contributed by atoms with Crippen molar-refractivity contribution >= 4 is 0 Å². The van der Waals surface area contributed by atoms with E-state index in [-0.39, 0.29) is 6.29 Å². The number of rotatable bonds is 2. The van der Waals surface area contributed by atoms with Gasteiger partial charge in [-0.1, -0.05) is 6.92 Å². The third-order valence-corrected chi connectivity index (χ3v) is 3.94. The predicted molar refractivity (Wildman–Crippen MR) is 61.3 cm³/mol. The number of hydrogen-bond acceptors (Lipinski definition) is 4. The molecule has 0 aliphatic carbocycles. The van der Waals surface area contributed by atoms with Crippen LogP contribution in [-0.4, -0.2) is 56.7 Å². The van der Waals surface area contributed by atoms with E-state index in [1.807, 2.05) is 0 Å². The highest BCUT2D eigenvalue weighted by atomic mass is 16.7. The molecule has 4 unspecified atom stereocenters. The van der Waals surface area contributed by atoms with Crippen molar-refractivity contribution < 1.29 is 14.2 Å². The zero-order valence-corrected chi connectivity index (χ0v) is 10.5. The summed E-state index contributed by atoms with van der Waals surface area (Å²) in [5.41, 5.74) is 0. The smallest absolute Gasteiger partial charge is 0.169 e. The summed E-state index contributed by atoms with van der Waals surface area (Å²) in [6.45, 7) is 8.01. The van der Waals surface area contributed by atoms with Gasteiger partial charge in [0, 0.05) is 32.8 Å². The van der Waals surface area contributed by atoms with E-state index in [0.29, 0.717) is 18.1 Å². The first-order valence-corrected chi connectivity index (χ1v) is 6.22. The fourth-order valence-electron chi connectivity index (χ4n) is 2.70. The van der Waals surface area contributed by atoms with Crippen LogP contribution in [0.1, 0.15) is 20.3 Å². The minimum atomic E-state index is -0.0564. The Hall–Kier alpha value is -0.160. The van der Waals surface area contributed by atoms with Crippen molar-refractivity contribution in [1.29, 1.82) is 0 Å². The molecule has 0 aromatic rings. The number of nitrogens with zero attached hydrogens (tertiary/aromatic N) is 1. The van der Waals surface area contributed by atoms with Gasteiger partial charge in [0.2, 0.25) is 0 Å². The van der Waals surface area contributed by atoms with Crippen molar-refractivity contribution in [3.05, 3.63) is 0 Å². The lowest BCUT2D eigenvalue weighted by Crippen LogP contribution is -2.54. The van der Waals surface area contributed by atoms with Crippen molar-refractivity contribution in [3.8, 4) is 0 Å². The highest BCUT2D eigenvalue weighted by Gasteiger charge is 2.34. The second kappa shape index (κ2) is 5.45. The lowest BCUT2D eigenvalue weighted by molar-refractivity contribution is -0.182. The van der Waals surface area contributed by atoms with E-state index in [2.05, 4.69) is 18.7 Å². The molecule has 2 heterocycles. The van der Waals surface area contributed by atoms with Crippen LogP contribution in [-0.2, 0) is 14.2 Å². The molecule has 2 saturated heterocycles. The zero-order valence-electron chi connectivity index (χ0n) is 10.5. The van der Waals surface area contributed by atoms with Crippen LogP contribution in [0, 0.1) is 5.92 Å². The topological polar surface area (TPSA) is 30.9 Å². The van der Waals surface area contributed by atoms with E-state index in [4.69, 9.17) is 14.2 Å². The molecule has 4 atom stereocenters. The Morgan fingerprint density at radius 2 is 2.00 bits per heavy atom. The Morgan fingerprint density at radius 1 is 1.19 bits per heavy atom. The summed E-state index contributed by atoms with van der Waals surface area (Å²) in [5.74, 6) is 0.587. The quantitative estimate of drug-likeness (QED) is 0.709. The standard InChI is InChI=1S/C12H23NO3/c1-9-10(2)15-6-4-11(9)13-5-7-16-12(8-13)14-3/h9-12H,4-8H2,1-3H3. The van der Waals surface area contributed by atoms with Crippen molar-refractivity contribution in [2.75, 3.05) is 33.4 Å². The van der Waals surface area contributed by atoms with Crippen LogP contribution in [0.5, 0.6) is 0 Å². The predicted octanol–water partition coefficient (Wildman–Crippen LogP) is 1.10. The summed E-state index contributed by atoms with van der Waals surface area (Å²) >= 11 is 0. The van der Waals surface area contributed by atoms with Gasteiger partial charge in [0.15, 0.2) is 6.29 Å². The van der Waals surface area contributed by atoms with Gasteiger partial charge in [0.05, 0.1) is 12.7 Å². The van der Waals surface area contributed by atoms with Gasteiger partial charge in [0.25, 0.3) is 0 Å². The average molecular weight is 229 g/mol. The molecule has 16 heavy (non-hydrogen) atoms. The third kappa shape index (κ3) is 2.56. The Bertz CT molecular complexity index is 224. The fraction of sp³-hybridized carbons (Fsp3) is 1.00. The van der Waals surface area contributed by atoms with Crippen LogP contribution in [0.15, 0.2) is 0 Å². The summed E-state index contributed by atoms with van der Waals surface area (Å²) in [4.78, 5) is 2.50. The molecule has 0 aromatic heterocycles. The molecular weight excluding hydrogens is 206 g/mol. The maximum absolute atomic E-state index is 5.68. The molecule has 0 N–H and O–H groups in total. The van der Waals surface area contributed by atoms with E-state index in [1.54, 1.807) is 7.11 Å². The van der Waals surface area contributed by atoms with E-state index < -0.39 is 0 Å². The molecule has 4 heteroatoms. The second-order valence-electron chi connectivity index (χ2n) is 4.82. The zero-order chi connectivity index (χ0) is 11.5. The summed E-state index contributed by atoms with van der Waals surface area (Å²) < 4.78 is 16.5. The first-order chi connectivity index (χ1) is 7.72. The van der Waals surface area contributed by atoms with E-state index in [1.165, 1.54) is 0 Å². The van der Waals surface area contributed by atoms with Crippen molar-refractivity contribution in [1.82, 2.24) is 4.90 Å². The summed E-state index contributed by atoms with van der Waals surface area (Å²) in [6.07, 6.45) is 1.43. The Morgan fingerprint density at radius 3 is 2.75 bits per heavy atom. The molecule has 94 valence electrons. The Balaban J connectivity index is 1.94. The molecule has 0 amide bonds. The maximum Gasteiger partial charge on any atom is 0.169 e. The van der Waals surface area contributed by atoms with Gasteiger partial charge < -0.3 is 14.2 Å². The van der Waals surface area contributed by atoms with Crippen LogP contribution < -0.4 is 0 Å². The molecular formula is C12H23NO3. The van der Waals surface area contributed by atoms with Crippen LogP contribution in [0.2, 0.25) is 0 Å². The minimum absolute atomic E-state index is 0.0564. The van der Waals surface area contributed by atoms with E-state index >= 15 is 0 Å². The molecule has 0 bridgehead atoms. The van der Waals surface area contributed by atoms with E-state index in [0.717, 1.165) is 32.7 Å². The normalized spacial score (nSPS) is 42.2. The van der Waals surface area contributed by atoms with Crippen molar-refractivity contribution in [2.24, 2.45) is 5.92 Å². The van der Waals surface area contributed by atoms with Gasteiger partial charge in [-0.15, -0.1) is 0 Å². The number of methoxy groups -OCH3 is 1. The van der Waals surface area contributed by atoms with Gasteiger partial charge in [0.1, 0.15) is 0 Å². The molecule has 4 nitrogen and oxygen atoms in total. The molecule has 0 saturated carbocycles. The highest BCUT2D eigenvalue weighted by molar-refractivity contribution is 4.85. The van der Waals surface area contributed by atoms with Gasteiger partial charge in [-0.3, -0.25) is 4.90 Å². The monoisotopic (exact) mass is 229 g/mol. The maximum atomic E-state index is 5.68. The van der Waals surface area contributed by atoms with Crippen LogP contribution in [0.25, 0.3) is 0 Å². The average Bonchev–Trinajstić information content (AvgIpc) is 2.33. The highest BCUT2D eigenvalue weighted by Crippen LogP contribution is 2.26. The van der Waals surface area contributed by atoms with Gasteiger partial charge in [-0.05, 0) is 19.3 Å². The summed E-state index contributed by atoms with van der Waals surface area (Å²) in [5, 5.41) is 0. The molecule has 0 aromatic carbocycles. The Labute approximate surface area is 97.8 Å². The summed E-state index contributed by atoms with van der Waals surface area (Å²) in [6, 6.07) is 0.616. The van der Waals surface area contributed by atoms with E-state index in [9.17, 15) is 0 Å². The second-order valence-corrected chi connectivity index (χ2v) is 4.82. The molecule has 0 spiro atoms. The first-order valence-electron chi connectivity index (χ1n) is 6.22. The minimum Gasteiger partial charge on any atom is -0.378 e. The lowest BCUT2D eigenvalue weighted by atomic mass is 9.90. The fourth-order valence-corrected chi connectivity index (χ4v) is 2.70. The summed E-state index contributed by atoms with van der Waals surface area (Å²) in [7, 11) is 1.71. The first kappa shape index (κ1) is 12.3. The third-order valence-electron chi connectivity index (χ3n) is 3.94. The SMILES string of the molecule is COC1CN(C2CCOC(C)C2C)CCO1. The van der Waals surface area contributed by atoms with Crippen LogP contribution in [0.4, 0.5) is 0 Å². The van der Waals surface area contributed by atoms with Crippen molar-refractivity contribution in [3.63, 3.8) is 0 Å². The van der Waals surface area contributed by atoms with Gasteiger partial charge in [-0.2, -0.15) is 0 Å². The van der Waals surface area contributed by atoms with Crippen LogP contribution >= 0.6 is 0 Å². The molecule has 2 aliphatic rings. The van der Waals surface area contributed by atoms with Gasteiger partial charge >= 0.3 is 0 Å². The molecule has 2 rings (SSSR count). The Kier molecular flexibility index (Phi) is 4.19. The molecule has 2 fully saturated rings. The largest absolute Gasteiger partial charge is 0.378 e. The van der Waals surface area contributed by atoms with Crippen molar-refractivity contribution in [2.45, 2.75) is 38.7 Å². The molecule has 2 aliphatic heterocycles. The number of hydrogen-bond donors (Lipinski definition) is 0.